The lowest BCUT2D eigenvalue weighted by atomic mass is 10.1. The third kappa shape index (κ3) is 3.27. The number of ether oxygens (including phenoxy) is 2. The molecule has 1 amide bonds. The summed E-state index contributed by atoms with van der Waals surface area (Å²) in [6.45, 7) is 1.96. The van der Waals surface area contributed by atoms with Gasteiger partial charge in [0.15, 0.2) is 0 Å². The molecule has 5 nitrogen and oxygen atoms in total. The minimum Gasteiger partial charge on any atom is -0.497 e. The number of carbonyl (C=O) groups is 1. The molecule has 0 aliphatic heterocycles. The summed E-state index contributed by atoms with van der Waals surface area (Å²) in [5.74, 6) is 0.925. The van der Waals surface area contributed by atoms with Crippen LogP contribution in [0.2, 0.25) is 0 Å². The molecule has 0 aliphatic carbocycles. The number of amides is 1. The number of thiazole rings is 1. The fraction of sp³-hybridized carbons (Fsp3) is 0.176. The third-order valence-corrected chi connectivity index (χ3v) is 4.30. The number of hydrogen-bond donors (Lipinski definition) is 1. The molecule has 0 radical (unpaired) electrons. The number of anilines is 1. The smallest absolute Gasteiger partial charge is 0.255 e. The monoisotopic (exact) mass is 328 g/mol. The first-order chi connectivity index (χ1) is 11.1. The lowest BCUT2D eigenvalue weighted by Gasteiger charge is -2.09. The SMILES string of the molecule is COc1cc(OC)cc(C(=O)Nc2ccc3nc(C)sc3c2)c1. The van der Waals surface area contributed by atoms with Crippen molar-refractivity contribution in [2.24, 2.45) is 0 Å². The fourth-order valence-electron chi connectivity index (χ4n) is 2.26. The standard InChI is InChI=1S/C17H16N2O3S/c1-10-18-15-5-4-12(8-16(15)23-10)19-17(20)11-6-13(21-2)9-14(7-11)22-3/h4-9H,1-3H3,(H,19,20). The van der Waals surface area contributed by atoms with Crippen molar-refractivity contribution >= 4 is 33.1 Å². The minimum atomic E-state index is -0.220. The summed E-state index contributed by atoms with van der Waals surface area (Å²) in [6, 6.07) is 10.7. The molecule has 0 fully saturated rings. The van der Waals surface area contributed by atoms with Crippen LogP contribution in [0.5, 0.6) is 11.5 Å². The Hall–Kier alpha value is -2.60. The highest BCUT2D eigenvalue weighted by atomic mass is 32.1. The first kappa shape index (κ1) is 15.3. The second-order valence-electron chi connectivity index (χ2n) is 4.97. The molecule has 23 heavy (non-hydrogen) atoms. The Bertz CT molecular complexity index is 851. The molecule has 0 saturated heterocycles. The van der Waals surface area contributed by atoms with Gasteiger partial charge in [0.2, 0.25) is 0 Å². The van der Waals surface area contributed by atoms with E-state index in [1.165, 1.54) is 0 Å². The molecule has 0 spiro atoms. The molecule has 1 aromatic heterocycles. The van der Waals surface area contributed by atoms with Crippen LogP contribution in [0.15, 0.2) is 36.4 Å². The molecule has 0 saturated carbocycles. The van der Waals surface area contributed by atoms with Crippen molar-refractivity contribution in [2.75, 3.05) is 19.5 Å². The summed E-state index contributed by atoms with van der Waals surface area (Å²) in [5.41, 5.74) is 2.14. The zero-order chi connectivity index (χ0) is 16.4. The predicted octanol–water partition coefficient (Wildman–Crippen LogP) is 3.87. The number of aromatic nitrogens is 1. The maximum Gasteiger partial charge on any atom is 0.255 e. The van der Waals surface area contributed by atoms with Gasteiger partial charge in [-0.2, -0.15) is 0 Å². The highest BCUT2D eigenvalue weighted by Gasteiger charge is 2.11. The van der Waals surface area contributed by atoms with E-state index in [2.05, 4.69) is 10.3 Å². The average Bonchev–Trinajstić information content (AvgIpc) is 2.93. The molecule has 2 aromatic carbocycles. The van der Waals surface area contributed by atoms with Crippen LogP contribution in [0.4, 0.5) is 5.69 Å². The molecule has 118 valence electrons. The van der Waals surface area contributed by atoms with Gasteiger partial charge in [0, 0.05) is 17.3 Å². The Morgan fingerprint density at radius 1 is 1.09 bits per heavy atom. The van der Waals surface area contributed by atoms with Crippen molar-refractivity contribution in [3.63, 3.8) is 0 Å². The maximum absolute atomic E-state index is 12.5. The summed E-state index contributed by atoms with van der Waals surface area (Å²) in [4.78, 5) is 16.9. The number of rotatable bonds is 4. The highest BCUT2D eigenvalue weighted by molar-refractivity contribution is 7.18. The van der Waals surface area contributed by atoms with Crippen LogP contribution in [0.3, 0.4) is 0 Å². The van der Waals surface area contributed by atoms with Crippen molar-refractivity contribution in [2.45, 2.75) is 6.92 Å². The number of hydrogen-bond acceptors (Lipinski definition) is 5. The van der Waals surface area contributed by atoms with E-state index in [4.69, 9.17) is 9.47 Å². The number of aryl methyl sites for hydroxylation is 1. The summed E-state index contributed by atoms with van der Waals surface area (Å²) >= 11 is 1.60. The highest BCUT2D eigenvalue weighted by Crippen LogP contribution is 2.26. The topological polar surface area (TPSA) is 60.5 Å². The van der Waals surface area contributed by atoms with Crippen LogP contribution < -0.4 is 14.8 Å². The van der Waals surface area contributed by atoms with Crippen molar-refractivity contribution in [3.05, 3.63) is 47.0 Å². The van der Waals surface area contributed by atoms with Crippen LogP contribution >= 0.6 is 11.3 Å². The Labute approximate surface area is 137 Å². The number of carbonyl (C=O) groups excluding carboxylic acids is 1. The van der Waals surface area contributed by atoms with Gasteiger partial charge in [-0.3, -0.25) is 4.79 Å². The summed E-state index contributed by atoms with van der Waals surface area (Å²) in [5, 5.41) is 3.89. The van der Waals surface area contributed by atoms with E-state index in [0.717, 1.165) is 20.9 Å². The molecular weight excluding hydrogens is 312 g/mol. The van der Waals surface area contributed by atoms with E-state index in [1.54, 1.807) is 43.8 Å². The maximum atomic E-state index is 12.5. The number of fused-ring (bicyclic) bond motifs is 1. The Morgan fingerprint density at radius 2 is 1.78 bits per heavy atom. The van der Waals surface area contributed by atoms with E-state index in [-0.39, 0.29) is 5.91 Å². The Kier molecular flexibility index (Phi) is 4.16. The Balaban J connectivity index is 1.87. The van der Waals surface area contributed by atoms with Gasteiger partial charge in [-0.15, -0.1) is 11.3 Å². The van der Waals surface area contributed by atoms with E-state index in [1.807, 2.05) is 25.1 Å². The van der Waals surface area contributed by atoms with E-state index >= 15 is 0 Å². The van der Waals surface area contributed by atoms with Gasteiger partial charge in [0.05, 0.1) is 29.4 Å². The minimum absolute atomic E-state index is 0.220. The van der Waals surface area contributed by atoms with Crippen LogP contribution in [-0.4, -0.2) is 25.1 Å². The third-order valence-electron chi connectivity index (χ3n) is 3.37. The van der Waals surface area contributed by atoms with Gasteiger partial charge in [-0.25, -0.2) is 4.98 Å². The Morgan fingerprint density at radius 3 is 2.43 bits per heavy atom. The second kappa shape index (κ2) is 6.26. The molecule has 6 heteroatoms. The largest absolute Gasteiger partial charge is 0.497 e. The zero-order valence-electron chi connectivity index (χ0n) is 13.0. The van der Waals surface area contributed by atoms with Crippen LogP contribution in [0.25, 0.3) is 10.2 Å². The lowest BCUT2D eigenvalue weighted by molar-refractivity contribution is 0.102. The van der Waals surface area contributed by atoms with Crippen molar-refractivity contribution in [3.8, 4) is 11.5 Å². The van der Waals surface area contributed by atoms with Gasteiger partial charge in [0.1, 0.15) is 11.5 Å². The van der Waals surface area contributed by atoms with Crippen molar-refractivity contribution in [1.29, 1.82) is 0 Å². The summed E-state index contributed by atoms with van der Waals surface area (Å²) in [7, 11) is 3.10. The average molecular weight is 328 g/mol. The zero-order valence-corrected chi connectivity index (χ0v) is 13.9. The molecule has 3 rings (SSSR count). The molecule has 1 heterocycles. The van der Waals surface area contributed by atoms with Gasteiger partial charge >= 0.3 is 0 Å². The molecule has 0 bridgehead atoms. The molecule has 0 atom stereocenters. The normalized spacial score (nSPS) is 10.6. The molecule has 0 unspecified atom stereocenters. The summed E-state index contributed by atoms with van der Waals surface area (Å²) < 4.78 is 11.4. The van der Waals surface area contributed by atoms with E-state index < -0.39 is 0 Å². The molecule has 0 aliphatic rings. The number of benzene rings is 2. The van der Waals surface area contributed by atoms with Crippen LogP contribution in [0, 0.1) is 6.92 Å². The van der Waals surface area contributed by atoms with Gasteiger partial charge in [0.25, 0.3) is 5.91 Å². The van der Waals surface area contributed by atoms with Crippen molar-refractivity contribution in [1.82, 2.24) is 4.98 Å². The predicted molar refractivity (Wildman–Crippen MR) is 91.9 cm³/mol. The number of methoxy groups -OCH3 is 2. The lowest BCUT2D eigenvalue weighted by Crippen LogP contribution is -2.12. The van der Waals surface area contributed by atoms with Crippen LogP contribution in [0.1, 0.15) is 15.4 Å². The first-order valence-electron chi connectivity index (χ1n) is 7.00. The van der Waals surface area contributed by atoms with Crippen molar-refractivity contribution < 1.29 is 14.3 Å². The quantitative estimate of drug-likeness (QED) is 0.790. The number of nitrogens with one attached hydrogen (secondary N) is 1. The second-order valence-corrected chi connectivity index (χ2v) is 6.21. The number of nitrogens with zero attached hydrogens (tertiary/aromatic N) is 1. The molecule has 1 N–H and O–H groups in total. The van der Waals surface area contributed by atoms with Gasteiger partial charge in [-0.05, 0) is 37.3 Å². The fourth-order valence-corrected chi connectivity index (χ4v) is 3.13. The van der Waals surface area contributed by atoms with Gasteiger partial charge < -0.3 is 14.8 Å². The first-order valence-corrected chi connectivity index (χ1v) is 7.82. The van der Waals surface area contributed by atoms with E-state index in [9.17, 15) is 4.79 Å². The molecule has 3 aromatic rings. The van der Waals surface area contributed by atoms with E-state index in [0.29, 0.717) is 17.1 Å². The van der Waals surface area contributed by atoms with Gasteiger partial charge in [-0.1, -0.05) is 0 Å². The molecular formula is C17H16N2O3S. The van der Waals surface area contributed by atoms with Crippen LogP contribution in [-0.2, 0) is 0 Å². The summed E-state index contributed by atoms with van der Waals surface area (Å²) in [6.07, 6.45) is 0.